The van der Waals surface area contributed by atoms with Gasteiger partial charge in [-0.15, -0.1) is 0 Å². The Balaban J connectivity index is 0.000000177. The van der Waals surface area contributed by atoms with Crippen molar-refractivity contribution in [1.82, 2.24) is 40.1 Å². The number of piperazine rings is 2. The molecule has 4 aromatic rings. The highest BCUT2D eigenvalue weighted by atomic mass is 79.9. The van der Waals surface area contributed by atoms with Gasteiger partial charge in [0, 0.05) is 39.7 Å². The van der Waals surface area contributed by atoms with Gasteiger partial charge >= 0.3 is 0 Å². The minimum atomic E-state index is -0.0913. The lowest BCUT2D eigenvalue weighted by Gasteiger charge is -2.54. The van der Waals surface area contributed by atoms with Crippen molar-refractivity contribution in [3.63, 3.8) is 0 Å². The first-order valence-corrected chi connectivity index (χ1v) is 26.1. The third-order valence-corrected chi connectivity index (χ3v) is 15.8. The summed E-state index contributed by atoms with van der Waals surface area (Å²) in [6.45, 7) is 9.58. The molecule has 6 fully saturated rings. The molecule has 2 aromatic carbocycles. The van der Waals surface area contributed by atoms with Crippen LogP contribution in [0.5, 0.6) is 0 Å². The maximum Gasteiger partial charge on any atom is 0.227 e. The summed E-state index contributed by atoms with van der Waals surface area (Å²) < 4.78 is 21.2. The van der Waals surface area contributed by atoms with Gasteiger partial charge in [-0.25, -0.2) is 0 Å². The number of halogens is 5. The highest BCUT2D eigenvalue weighted by Gasteiger charge is 2.49. The molecule has 6 aliphatic heterocycles. The highest BCUT2D eigenvalue weighted by molar-refractivity contribution is 9.09. The standard InChI is InChI=1S/C24H28Cl2N4O4.C19H25Cl2N3O2.C5H4BrNO2.H2/c25-17-4-3-16(11-18(17)26)12-23(32)30-9-8-29(13-22(31)19-5-10-34-27-19)21-15-33-14-20(24(21)30)28-6-1-2-7-28;20-14-4-3-13(9-15(14)21)10-18(25)24-8-5-22-16-11-26-12-17(19(16)24)23-6-1-2-7-23;6-3-5(8)4-1-2-9-7-4;/h3-5,10-11,20-21,24H,1-2,6-9,12-15H2;3-4,9,16-17,19,22H,1-2,5-8,10-12H2;1-2H,3H2;1H/t20-,21+,24+;16-,17+,19+;;/m01../s1/i;;;1+1. The summed E-state index contributed by atoms with van der Waals surface area (Å²) in [6.07, 6.45) is 8.16. The van der Waals surface area contributed by atoms with Crippen LogP contribution in [0.15, 0.2) is 70.1 Å². The van der Waals surface area contributed by atoms with Crippen LogP contribution in [0.4, 0.5) is 0 Å². The zero-order valence-corrected chi connectivity index (χ0v) is 42.8. The topological polar surface area (TPSA) is 167 Å². The van der Waals surface area contributed by atoms with Gasteiger partial charge < -0.3 is 33.6 Å². The van der Waals surface area contributed by atoms with Crippen LogP contribution in [0.25, 0.3) is 0 Å². The number of nitrogens with zero attached hydrogens (tertiary/aromatic N) is 7. The minimum Gasteiger partial charge on any atom is -0.378 e. The van der Waals surface area contributed by atoms with Crippen molar-refractivity contribution in [1.29, 1.82) is 0 Å². The van der Waals surface area contributed by atoms with Crippen LogP contribution in [0.1, 0.15) is 59.2 Å². The fourth-order valence-corrected chi connectivity index (χ4v) is 11.4. The quantitative estimate of drug-likeness (QED) is 0.128. The summed E-state index contributed by atoms with van der Waals surface area (Å²) in [6, 6.07) is 14.5. The lowest BCUT2D eigenvalue weighted by atomic mass is 9.90. The van der Waals surface area contributed by atoms with E-state index in [0.717, 1.165) is 63.2 Å². The van der Waals surface area contributed by atoms with E-state index in [0.29, 0.717) is 82.7 Å². The van der Waals surface area contributed by atoms with Crippen molar-refractivity contribution in [3.05, 3.63) is 104 Å². The summed E-state index contributed by atoms with van der Waals surface area (Å²) in [5, 5.41) is 13.0. The maximum absolute atomic E-state index is 13.6. The van der Waals surface area contributed by atoms with Gasteiger partial charge in [-0.2, -0.15) is 0 Å². The molecule has 6 aliphatic rings. The second-order valence-electron chi connectivity index (χ2n) is 18.0. The number of nitrogens with one attached hydrogen (secondary N) is 1. The third kappa shape index (κ3) is 13.0. The summed E-state index contributed by atoms with van der Waals surface area (Å²) in [5.74, 6) is 0.0584. The molecule has 69 heavy (non-hydrogen) atoms. The number of carbonyl (C=O) groups excluding carboxylic acids is 4. The Morgan fingerprint density at radius 3 is 1.64 bits per heavy atom. The van der Waals surface area contributed by atoms with Crippen LogP contribution in [0.3, 0.4) is 0 Å². The van der Waals surface area contributed by atoms with E-state index in [4.69, 9.17) is 60.4 Å². The van der Waals surface area contributed by atoms with E-state index in [-0.39, 0.29) is 74.0 Å². The van der Waals surface area contributed by atoms with Crippen molar-refractivity contribution in [2.75, 3.05) is 90.7 Å². The predicted octanol–water partition coefficient (Wildman–Crippen LogP) is 6.48. The van der Waals surface area contributed by atoms with E-state index in [2.05, 4.69) is 55.7 Å². The molecule has 0 bridgehead atoms. The molecule has 1 N–H and O–H groups in total. The molecule has 6 atom stereocenters. The number of ketones is 2. The Kier molecular flexibility index (Phi) is 18.6. The van der Waals surface area contributed by atoms with Gasteiger partial charge in [0.2, 0.25) is 11.8 Å². The lowest BCUT2D eigenvalue weighted by molar-refractivity contribution is -0.151. The van der Waals surface area contributed by atoms with Gasteiger partial charge in [0.05, 0.1) is 107 Å². The van der Waals surface area contributed by atoms with E-state index in [1.165, 1.54) is 31.4 Å². The van der Waals surface area contributed by atoms with Crippen molar-refractivity contribution >= 4 is 85.7 Å². The third-order valence-electron chi connectivity index (χ3n) is 13.8. The van der Waals surface area contributed by atoms with Crippen LogP contribution in [0, 0.1) is 0 Å². The number of hydrogen-bond donors (Lipinski definition) is 1. The number of alkyl halides is 1. The molecule has 0 saturated carbocycles. The van der Waals surface area contributed by atoms with Crippen LogP contribution < -0.4 is 5.32 Å². The molecule has 8 heterocycles. The number of rotatable bonds is 11. The minimum absolute atomic E-state index is 0. The monoisotopic (exact) mass is 1100 g/mol. The fourth-order valence-electron chi connectivity index (χ4n) is 10.4. The zero-order valence-electron chi connectivity index (χ0n) is 38.2. The first kappa shape index (κ1) is 51.9. The smallest absolute Gasteiger partial charge is 0.227 e. The number of ether oxygens (including phenoxy) is 2. The number of likely N-dealkylation sites (tertiary alicyclic amines) is 2. The first-order chi connectivity index (χ1) is 33.5. The van der Waals surface area contributed by atoms with Gasteiger partial charge in [-0.05, 0) is 87.3 Å². The Bertz CT molecular complexity index is 2360. The lowest BCUT2D eigenvalue weighted by Crippen LogP contribution is -2.72. The van der Waals surface area contributed by atoms with Crippen molar-refractivity contribution < 1.29 is 39.1 Å². The zero-order chi connectivity index (χ0) is 48.4. The molecule has 374 valence electrons. The largest absolute Gasteiger partial charge is 0.378 e. The molecule has 10 rings (SSSR count). The Morgan fingerprint density at radius 1 is 0.609 bits per heavy atom. The van der Waals surface area contributed by atoms with Gasteiger partial charge in [0.15, 0.2) is 17.3 Å². The summed E-state index contributed by atoms with van der Waals surface area (Å²) in [7, 11) is 0. The summed E-state index contributed by atoms with van der Waals surface area (Å²) >= 11 is 27.3. The Morgan fingerprint density at radius 2 is 1.12 bits per heavy atom. The van der Waals surface area contributed by atoms with Gasteiger partial charge in [-0.3, -0.25) is 33.9 Å². The fraction of sp³-hybridized carbons (Fsp3) is 0.542. The molecule has 0 spiro atoms. The van der Waals surface area contributed by atoms with Crippen LogP contribution in [-0.4, -0.2) is 185 Å². The van der Waals surface area contributed by atoms with Crippen molar-refractivity contribution in [2.45, 2.75) is 74.8 Å². The van der Waals surface area contributed by atoms with Crippen LogP contribution in [0.2, 0.25) is 20.1 Å². The van der Waals surface area contributed by atoms with E-state index in [1.807, 2.05) is 17.0 Å². The molecule has 0 unspecified atom stereocenters. The number of Topliss-reactive ketones (excluding diaryl/α,β-unsaturated/α-hetero) is 2. The SMILES string of the molecule is O=C(CBr)c1ccon1.O=C(CN1CCN(C(=O)Cc2ccc(Cl)c(Cl)c2)[C@H]2[C@H]1COC[C@@H]2N1CCCC1)c1ccon1.O=C(Cc1ccc(Cl)c(Cl)c1)N1CCN[C@@H]2COC[C@H](N3CCCC3)[C@H]21.[2HH]. The van der Waals surface area contributed by atoms with Crippen LogP contribution >= 0.6 is 62.3 Å². The summed E-state index contributed by atoms with van der Waals surface area (Å²) in [4.78, 5) is 61.4. The molecular weight excluding hydrogens is 1040 g/mol. The average Bonchev–Trinajstić information content (AvgIpc) is 4.23. The van der Waals surface area contributed by atoms with Gasteiger partial charge in [-0.1, -0.05) is 84.8 Å². The molecule has 0 radical (unpaired) electrons. The van der Waals surface area contributed by atoms with E-state index in [1.54, 1.807) is 30.3 Å². The number of aromatic nitrogens is 2. The second kappa shape index (κ2) is 24.8. The van der Waals surface area contributed by atoms with E-state index in [9.17, 15) is 19.2 Å². The number of carbonyl (C=O) groups is 4. The average molecular weight is 1100 g/mol. The number of amides is 2. The van der Waals surface area contributed by atoms with Crippen LogP contribution in [-0.2, 0) is 31.9 Å². The van der Waals surface area contributed by atoms with Gasteiger partial charge in [0.25, 0.3) is 0 Å². The summed E-state index contributed by atoms with van der Waals surface area (Å²) in [5.41, 5.74) is 2.43. The molecule has 21 heteroatoms. The van der Waals surface area contributed by atoms with Gasteiger partial charge in [0.1, 0.15) is 18.2 Å². The highest BCUT2D eigenvalue weighted by Crippen LogP contribution is 2.32. The molecule has 2 aromatic heterocycles. The number of fused-ring (bicyclic) bond motifs is 2. The van der Waals surface area contributed by atoms with Crippen molar-refractivity contribution in [2.24, 2.45) is 0 Å². The maximum atomic E-state index is 13.6. The predicted molar refractivity (Wildman–Crippen MR) is 267 cm³/mol. The Hall–Kier alpha value is -3.46. The molecule has 2 amide bonds. The molecule has 16 nitrogen and oxygen atoms in total. The molecule has 6 saturated heterocycles. The number of benzene rings is 2. The molecule has 0 aliphatic carbocycles. The van der Waals surface area contributed by atoms with E-state index < -0.39 is 0 Å². The van der Waals surface area contributed by atoms with Crippen molar-refractivity contribution in [3.8, 4) is 0 Å². The van der Waals surface area contributed by atoms with E-state index >= 15 is 0 Å². The molecular formula is C48H59BrCl4N8O8. The normalized spacial score (nSPS) is 25.2. The number of hydrogen-bond acceptors (Lipinski definition) is 14. The second-order valence-corrected chi connectivity index (χ2v) is 20.2. The first-order valence-electron chi connectivity index (χ1n) is 23.5. The Labute approximate surface area is 431 Å².